The summed E-state index contributed by atoms with van der Waals surface area (Å²) in [5.41, 5.74) is -0.693. The van der Waals surface area contributed by atoms with Gasteiger partial charge in [0, 0.05) is 14.2 Å². The molecule has 8 nitrogen and oxygen atoms in total. The lowest BCUT2D eigenvalue weighted by molar-refractivity contribution is 0.108. The Morgan fingerprint density at radius 3 is 2.36 bits per heavy atom. The number of aromatic nitrogens is 3. The van der Waals surface area contributed by atoms with Gasteiger partial charge in [0.25, 0.3) is 5.56 Å². The molecule has 0 fully saturated rings. The number of methoxy groups -OCH3 is 2. The molecular formula is C13H13ClN4O4. The molecule has 0 amide bonds. The number of ether oxygens (including phenoxy) is 2. The van der Waals surface area contributed by atoms with Gasteiger partial charge in [0.15, 0.2) is 5.65 Å². The fraction of sp³-hybridized carbons (Fsp3) is 0.385. The number of halogens is 1. The summed E-state index contributed by atoms with van der Waals surface area (Å²) in [5.74, 6) is 0. The van der Waals surface area contributed by atoms with Crippen LogP contribution >= 0.6 is 11.6 Å². The molecule has 0 unspecified atom stereocenters. The Morgan fingerprint density at radius 2 is 1.82 bits per heavy atom. The van der Waals surface area contributed by atoms with Gasteiger partial charge in [-0.3, -0.25) is 9.36 Å². The van der Waals surface area contributed by atoms with Crippen molar-refractivity contribution in [2.45, 2.75) is 20.4 Å². The Labute approximate surface area is 130 Å². The Kier molecular flexibility index (Phi) is 4.61. The number of nitriles is 1. The molecule has 9 heteroatoms. The van der Waals surface area contributed by atoms with E-state index in [1.165, 1.54) is 14.2 Å². The molecule has 0 aromatic carbocycles. The topological polar surface area (TPSA) is 99.1 Å². The molecule has 0 atom stereocenters. The number of hydrogen-bond acceptors (Lipinski definition) is 6. The zero-order chi connectivity index (χ0) is 16.4. The molecule has 116 valence electrons. The van der Waals surface area contributed by atoms with Gasteiger partial charge in [0.2, 0.25) is 0 Å². The van der Waals surface area contributed by atoms with Crippen LogP contribution in [0.2, 0.25) is 5.15 Å². The van der Waals surface area contributed by atoms with Crippen LogP contribution in [0.15, 0.2) is 9.59 Å². The Hall–Kier alpha value is -2.21. The molecule has 0 N–H and O–H groups in total. The third kappa shape index (κ3) is 2.39. The van der Waals surface area contributed by atoms with E-state index in [0.717, 1.165) is 9.13 Å². The molecule has 0 aliphatic rings. The van der Waals surface area contributed by atoms with E-state index in [2.05, 4.69) is 4.98 Å². The van der Waals surface area contributed by atoms with Crippen LogP contribution in [0, 0.1) is 18.3 Å². The SMILES string of the molecule is COCn1c(=O)c2c(C)c(C#N)c(Cl)nc2n(COC)c1=O. The van der Waals surface area contributed by atoms with Crippen molar-refractivity contribution in [1.82, 2.24) is 14.1 Å². The van der Waals surface area contributed by atoms with Gasteiger partial charge in [-0.2, -0.15) is 5.26 Å². The van der Waals surface area contributed by atoms with Gasteiger partial charge in [0.1, 0.15) is 24.7 Å². The summed E-state index contributed by atoms with van der Waals surface area (Å²) in [7, 11) is 2.77. The zero-order valence-corrected chi connectivity index (χ0v) is 13.0. The van der Waals surface area contributed by atoms with Crippen molar-refractivity contribution in [2.75, 3.05) is 14.2 Å². The van der Waals surface area contributed by atoms with Gasteiger partial charge >= 0.3 is 5.69 Å². The molecule has 2 aromatic rings. The highest BCUT2D eigenvalue weighted by molar-refractivity contribution is 6.31. The van der Waals surface area contributed by atoms with Crippen LogP contribution in [0.4, 0.5) is 0 Å². The summed E-state index contributed by atoms with van der Waals surface area (Å²) in [6.07, 6.45) is 0. The van der Waals surface area contributed by atoms with Crippen LogP contribution < -0.4 is 11.2 Å². The minimum absolute atomic E-state index is 0.0688. The smallest absolute Gasteiger partial charge is 0.336 e. The van der Waals surface area contributed by atoms with Crippen LogP contribution in [0.1, 0.15) is 11.1 Å². The van der Waals surface area contributed by atoms with Crippen LogP contribution in [0.5, 0.6) is 0 Å². The largest absolute Gasteiger partial charge is 0.364 e. The van der Waals surface area contributed by atoms with Gasteiger partial charge in [-0.1, -0.05) is 11.6 Å². The van der Waals surface area contributed by atoms with E-state index >= 15 is 0 Å². The van der Waals surface area contributed by atoms with E-state index < -0.39 is 11.2 Å². The third-order valence-electron chi connectivity index (χ3n) is 3.19. The van der Waals surface area contributed by atoms with Crippen molar-refractivity contribution in [2.24, 2.45) is 0 Å². The zero-order valence-electron chi connectivity index (χ0n) is 12.2. The lowest BCUT2D eigenvalue weighted by Crippen LogP contribution is -2.41. The first-order valence-corrected chi connectivity index (χ1v) is 6.57. The van der Waals surface area contributed by atoms with E-state index in [1.54, 1.807) is 6.92 Å². The molecule has 2 heterocycles. The van der Waals surface area contributed by atoms with Crippen molar-refractivity contribution in [3.8, 4) is 6.07 Å². The Bertz CT molecular complexity index is 894. The maximum Gasteiger partial charge on any atom is 0.336 e. The molecule has 0 saturated heterocycles. The van der Waals surface area contributed by atoms with Gasteiger partial charge < -0.3 is 9.47 Å². The number of nitrogens with zero attached hydrogens (tertiary/aromatic N) is 4. The fourth-order valence-electron chi connectivity index (χ4n) is 2.18. The van der Waals surface area contributed by atoms with Gasteiger partial charge in [-0.15, -0.1) is 0 Å². The quantitative estimate of drug-likeness (QED) is 0.764. The molecule has 0 aliphatic carbocycles. The predicted octanol–water partition coefficient (Wildman–Crippen LogP) is 0.600. The fourth-order valence-corrected chi connectivity index (χ4v) is 2.44. The first-order valence-electron chi connectivity index (χ1n) is 6.19. The molecule has 2 aromatic heterocycles. The maximum absolute atomic E-state index is 12.5. The minimum Gasteiger partial charge on any atom is -0.364 e. The van der Waals surface area contributed by atoms with Crippen molar-refractivity contribution in [3.63, 3.8) is 0 Å². The van der Waals surface area contributed by atoms with Crippen molar-refractivity contribution >= 4 is 22.6 Å². The lowest BCUT2D eigenvalue weighted by Gasteiger charge is -2.14. The monoisotopic (exact) mass is 324 g/mol. The van der Waals surface area contributed by atoms with Crippen LogP contribution in [-0.2, 0) is 22.9 Å². The third-order valence-corrected chi connectivity index (χ3v) is 3.46. The second-order valence-electron chi connectivity index (χ2n) is 4.49. The van der Waals surface area contributed by atoms with Crippen molar-refractivity contribution in [3.05, 3.63) is 37.1 Å². The molecule has 2 rings (SSSR count). The standard InChI is InChI=1S/C13H13ClN4O4/c1-7-8(4-15)10(14)16-11-9(7)12(19)18(6-22-3)13(20)17(11)5-21-2/h5-6H2,1-3H3. The molecular weight excluding hydrogens is 312 g/mol. The molecule has 0 saturated carbocycles. The molecule has 0 spiro atoms. The highest BCUT2D eigenvalue weighted by Crippen LogP contribution is 2.22. The van der Waals surface area contributed by atoms with E-state index in [0.29, 0.717) is 5.56 Å². The van der Waals surface area contributed by atoms with Gasteiger partial charge in [-0.05, 0) is 12.5 Å². The van der Waals surface area contributed by atoms with Gasteiger partial charge in [0.05, 0.1) is 10.9 Å². The normalized spacial score (nSPS) is 10.9. The second kappa shape index (κ2) is 6.27. The number of aryl methyl sites for hydroxylation is 1. The average Bonchev–Trinajstić information content (AvgIpc) is 2.47. The van der Waals surface area contributed by atoms with E-state index in [-0.39, 0.29) is 35.2 Å². The molecule has 22 heavy (non-hydrogen) atoms. The second-order valence-corrected chi connectivity index (χ2v) is 4.85. The average molecular weight is 325 g/mol. The van der Waals surface area contributed by atoms with Crippen LogP contribution in [0.3, 0.4) is 0 Å². The lowest BCUT2D eigenvalue weighted by atomic mass is 10.1. The van der Waals surface area contributed by atoms with Crippen LogP contribution in [0.25, 0.3) is 11.0 Å². The highest BCUT2D eigenvalue weighted by atomic mass is 35.5. The number of rotatable bonds is 4. The van der Waals surface area contributed by atoms with E-state index in [4.69, 9.17) is 26.3 Å². The minimum atomic E-state index is -0.631. The first-order chi connectivity index (χ1) is 10.5. The highest BCUT2D eigenvalue weighted by Gasteiger charge is 2.20. The molecule has 0 bridgehead atoms. The predicted molar refractivity (Wildman–Crippen MR) is 78.7 cm³/mol. The summed E-state index contributed by atoms with van der Waals surface area (Å²) in [5, 5.41) is 9.21. The summed E-state index contributed by atoms with van der Waals surface area (Å²) >= 11 is 5.96. The molecule has 0 aliphatic heterocycles. The van der Waals surface area contributed by atoms with Crippen LogP contribution in [-0.4, -0.2) is 28.3 Å². The van der Waals surface area contributed by atoms with Crippen molar-refractivity contribution < 1.29 is 9.47 Å². The summed E-state index contributed by atoms with van der Waals surface area (Å²) < 4.78 is 11.9. The van der Waals surface area contributed by atoms with E-state index in [9.17, 15) is 9.59 Å². The summed E-state index contributed by atoms with van der Waals surface area (Å²) in [6.45, 7) is 1.24. The van der Waals surface area contributed by atoms with Crippen molar-refractivity contribution in [1.29, 1.82) is 5.26 Å². The maximum atomic E-state index is 12.5. The number of fused-ring (bicyclic) bond motifs is 1. The molecule has 0 radical (unpaired) electrons. The van der Waals surface area contributed by atoms with Gasteiger partial charge in [-0.25, -0.2) is 14.3 Å². The number of hydrogen-bond donors (Lipinski definition) is 0. The first kappa shape index (κ1) is 16.2. The Balaban J connectivity index is 3.08. The Morgan fingerprint density at radius 1 is 1.23 bits per heavy atom. The van der Waals surface area contributed by atoms with E-state index in [1.807, 2.05) is 6.07 Å². The number of pyridine rings is 1. The summed E-state index contributed by atoms with van der Waals surface area (Å²) in [4.78, 5) is 28.9. The summed E-state index contributed by atoms with van der Waals surface area (Å²) in [6, 6.07) is 1.91.